The summed E-state index contributed by atoms with van der Waals surface area (Å²) in [6.07, 6.45) is 0.493. The molecule has 0 saturated heterocycles. The summed E-state index contributed by atoms with van der Waals surface area (Å²) in [5, 5.41) is 12.6. The van der Waals surface area contributed by atoms with Crippen LogP contribution in [-0.4, -0.2) is 42.9 Å². The quantitative estimate of drug-likeness (QED) is 0.704. The van der Waals surface area contributed by atoms with E-state index in [9.17, 15) is 0 Å². The lowest BCUT2D eigenvalue weighted by molar-refractivity contribution is 0.177. The summed E-state index contributed by atoms with van der Waals surface area (Å²) in [5.41, 5.74) is 0. The molecule has 1 atom stereocenters. The van der Waals surface area contributed by atoms with Crippen molar-refractivity contribution in [2.75, 3.05) is 26.8 Å². The van der Waals surface area contributed by atoms with Crippen molar-refractivity contribution >= 4 is 17.3 Å². The van der Waals surface area contributed by atoms with Crippen molar-refractivity contribution in [3.05, 3.63) is 0 Å². The van der Waals surface area contributed by atoms with Crippen molar-refractivity contribution < 1.29 is 4.74 Å². The normalized spacial score (nSPS) is 12.0. The standard InChI is InChI=1S/C12H23N3OS/c1-10(2)8-15(7-5-6-13)12(17)14-11(3)9-16-4/h10-11H,5,7-9H2,1-4H3,(H,14,17). The molecular weight excluding hydrogens is 234 g/mol. The Hall–Kier alpha value is -0.860. The van der Waals surface area contributed by atoms with Crippen LogP contribution in [0.2, 0.25) is 0 Å². The second-order valence-electron chi connectivity index (χ2n) is 4.55. The number of nitrogens with zero attached hydrogens (tertiary/aromatic N) is 2. The minimum absolute atomic E-state index is 0.184. The second-order valence-corrected chi connectivity index (χ2v) is 4.94. The molecule has 0 aromatic rings. The maximum Gasteiger partial charge on any atom is 0.169 e. The summed E-state index contributed by atoms with van der Waals surface area (Å²) >= 11 is 5.35. The average Bonchev–Trinajstić information content (AvgIpc) is 2.23. The number of hydrogen-bond acceptors (Lipinski definition) is 3. The lowest BCUT2D eigenvalue weighted by Gasteiger charge is -2.28. The third-order valence-electron chi connectivity index (χ3n) is 2.15. The van der Waals surface area contributed by atoms with Gasteiger partial charge in [0.1, 0.15) is 0 Å². The van der Waals surface area contributed by atoms with E-state index in [0.29, 0.717) is 30.6 Å². The highest BCUT2D eigenvalue weighted by molar-refractivity contribution is 7.80. The van der Waals surface area contributed by atoms with Crippen LogP contribution >= 0.6 is 12.2 Å². The predicted molar refractivity (Wildman–Crippen MR) is 73.7 cm³/mol. The molecule has 0 spiro atoms. The second kappa shape index (κ2) is 9.20. The van der Waals surface area contributed by atoms with Gasteiger partial charge in [0.2, 0.25) is 0 Å². The molecule has 0 heterocycles. The third-order valence-corrected chi connectivity index (χ3v) is 2.53. The van der Waals surface area contributed by atoms with Gasteiger partial charge in [0, 0.05) is 26.2 Å². The molecule has 1 unspecified atom stereocenters. The van der Waals surface area contributed by atoms with Gasteiger partial charge in [-0.1, -0.05) is 13.8 Å². The highest BCUT2D eigenvalue weighted by atomic mass is 32.1. The average molecular weight is 257 g/mol. The van der Waals surface area contributed by atoms with Crippen molar-refractivity contribution in [2.24, 2.45) is 5.92 Å². The van der Waals surface area contributed by atoms with E-state index in [1.807, 2.05) is 6.92 Å². The first kappa shape index (κ1) is 16.1. The van der Waals surface area contributed by atoms with E-state index in [2.05, 4.69) is 30.1 Å². The molecule has 98 valence electrons. The molecule has 5 heteroatoms. The Bertz CT molecular complexity index is 263. The molecule has 1 N–H and O–H groups in total. The van der Waals surface area contributed by atoms with Gasteiger partial charge in [0.05, 0.1) is 19.1 Å². The monoisotopic (exact) mass is 257 g/mol. The highest BCUT2D eigenvalue weighted by Gasteiger charge is 2.13. The predicted octanol–water partition coefficient (Wildman–Crippen LogP) is 1.77. The minimum Gasteiger partial charge on any atom is -0.383 e. The fourth-order valence-electron chi connectivity index (χ4n) is 1.50. The van der Waals surface area contributed by atoms with Gasteiger partial charge in [-0.2, -0.15) is 5.26 Å². The number of hydrogen-bond donors (Lipinski definition) is 1. The molecule has 0 saturated carbocycles. The maximum absolute atomic E-state index is 8.64. The Balaban J connectivity index is 4.26. The maximum atomic E-state index is 8.64. The molecule has 0 aliphatic carbocycles. The fraction of sp³-hybridized carbons (Fsp3) is 0.833. The molecule has 17 heavy (non-hydrogen) atoms. The number of thiocarbonyl (C=S) groups is 1. The van der Waals surface area contributed by atoms with E-state index in [1.54, 1.807) is 7.11 Å². The molecule has 0 aromatic heterocycles. The molecule has 0 radical (unpaired) electrons. The number of nitrogens with one attached hydrogen (secondary N) is 1. The van der Waals surface area contributed by atoms with Crippen LogP contribution in [0.15, 0.2) is 0 Å². The van der Waals surface area contributed by atoms with Crippen molar-refractivity contribution in [1.29, 1.82) is 5.26 Å². The molecule has 4 nitrogen and oxygen atoms in total. The van der Waals surface area contributed by atoms with Gasteiger partial charge in [0.15, 0.2) is 5.11 Å². The van der Waals surface area contributed by atoms with E-state index in [1.165, 1.54) is 0 Å². The lowest BCUT2D eigenvalue weighted by Crippen LogP contribution is -2.46. The fourth-order valence-corrected chi connectivity index (χ4v) is 1.86. The van der Waals surface area contributed by atoms with E-state index >= 15 is 0 Å². The number of methoxy groups -OCH3 is 1. The molecule has 0 fully saturated rings. The van der Waals surface area contributed by atoms with Crippen LogP contribution in [0.4, 0.5) is 0 Å². The summed E-state index contributed by atoms with van der Waals surface area (Å²) in [6.45, 7) is 8.47. The Morgan fingerprint density at radius 3 is 2.59 bits per heavy atom. The van der Waals surface area contributed by atoms with Crippen LogP contribution < -0.4 is 5.32 Å². The summed E-state index contributed by atoms with van der Waals surface area (Å²) in [5.74, 6) is 0.520. The zero-order chi connectivity index (χ0) is 13.3. The largest absolute Gasteiger partial charge is 0.383 e. The topological polar surface area (TPSA) is 48.3 Å². The Morgan fingerprint density at radius 2 is 2.12 bits per heavy atom. The van der Waals surface area contributed by atoms with Crippen molar-refractivity contribution in [3.63, 3.8) is 0 Å². The summed E-state index contributed by atoms with van der Waals surface area (Å²) in [7, 11) is 1.67. The SMILES string of the molecule is COCC(C)NC(=S)N(CCC#N)CC(C)C. The molecule has 0 rings (SSSR count). The summed E-state index contributed by atoms with van der Waals surface area (Å²) < 4.78 is 5.05. The molecule has 0 aliphatic heterocycles. The number of rotatable bonds is 7. The molecular formula is C12H23N3OS. The van der Waals surface area contributed by atoms with Gasteiger partial charge < -0.3 is 15.0 Å². The first-order valence-electron chi connectivity index (χ1n) is 5.92. The molecule has 0 amide bonds. The van der Waals surface area contributed by atoms with Crippen molar-refractivity contribution in [3.8, 4) is 6.07 Å². The van der Waals surface area contributed by atoms with E-state index < -0.39 is 0 Å². The first-order chi connectivity index (χ1) is 8.01. The smallest absolute Gasteiger partial charge is 0.169 e. The third kappa shape index (κ3) is 7.94. The highest BCUT2D eigenvalue weighted by Crippen LogP contribution is 2.01. The number of nitriles is 1. The van der Waals surface area contributed by atoms with Gasteiger partial charge in [-0.3, -0.25) is 0 Å². The molecule has 0 aliphatic rings. The summed E-state index contributed by atoms with van der Waals surface area (Å²) in [4.78, 5) is 2.05. The van der Waals surface area contributed by atoms with Crippen LogP contribution in [0.1, 0.15) is 27.2 Å². The summed E-state index contributed by atoms with van der Waals surface area (Å²) in [6, 6.07) is 2.34. The first-order valence-corrected chi connectivity index (χ1v) is 6.33. The van der Waals surface area contributed by atoms with Crippen LogP contribution in [0, 0.1) is 17.2 Å². The van der Waals surface area contributed by atoms with Gasteiger partial charge in [-0.25, -0.2) is 0 Å². The lowest BCUT2D eigenvalue weighted by atomic mass is 10.2. The Kier molecular flexibility index (Phi) is 8.73. The van der Waals surface area contributed by atoms with Gasteiger partial charge in [-0.05, 0) is 25.1 Å². The molecule has 0 aromatic carbocycles. The van der Waals surface area contributed by atoms with Crippen LogP contribution in [-0.2, 0) is 4.74 Å². The zero-order valence-electron chi connectivity index (χ0n) is 11.2. The Labute approximate surface area is 110 Å². The minimum atomic E-state index is 0.184. The Morgan fingerprint density at radius 1 is 1.47 bits per heavy atom. The van der Waals surface area contributed by atoms with Crippen LogP contribution in [0.3, 0.4) is 0 Å². The van der Waals surface area contributed by atoms with Gasteiger partial charge >= 0.3 is 0 Å². The van der Waals surface area contributed by atoms with E-state index in [4.69, 9.17) is 22.2 Å². The van der Waals surface area contributed by atoms with Crippen molar-refractivity contribution in [2.45, 2.75) is 33.2 Å². The van der Waals surface area contributed by atoms with Gasteiger partial charge in [-0.15, -0.1) is 0 Å². The van der Waals surface area contributed by atoms with Crippen molar-refractivity contribution in [1.82, 2.24) is 10.2 Å². The van der Waals surface area contributed by atoms with E-state index in [0.717, 1.165) is 6.54 Å². The van der Waals surface area contributed by atoms with Crippen LogP contribution in [0.5, 0.6) is 0 Å². The van der Waals surface area contributed by atoms with E-state index in [-0.39, 0.29) is 6.04 Å². The van der Waals surface area contributed by atoms with Crippen LogP contribution in [0.25, 0.3) is 0 Å². The zero-order valence-corrected chi connectivity index (χ0v) is 12.0. The molecule has 0 bridgehead atoms. The van der Waals surface area contributed by atoms with Gasteiger partial charge in [0.25, 0.3) is 0 Å². The number of ether oxygens (including phenoxy) is 1.